The van der Waals surface area contributed by atoms with Gasteiger partial charge in [-0.05, 0) is 30.3 Å². The summed E-state index contributed by atoms with van der Waals surface area (Å²) < 4.78 is 38.7. The fourth-order valence-corrected chi connectivity index (χ4v) is 1.53. The van der Waals surface area contributed by atoms with Crippen molar-refractivity contribution >= 4 is 17.3 Å². The SMILES string of the molecule is O=C(O)c1cc(F)ccc1Nc1ccc(F)c(F)c1. The number of benzene rings is 2. The number of carboxylic acid groups (broad SMARTS) is 1. The minimum atomic E-state index is -1.33. The summed E-state index contributed by atoms with van der Waals surface area (Å²) in [4.78, 5) is 10.9. The zero-order valence-electron chi connectivity index (χ0n) is 9.45. The van der Waals surface area contributed by atoms with Crippen molar-refractivity contribution in [3.63, 3.8) is 0 Å². The Morgan fingerprint density at radius 2 is 1.74 bits per heavy atom. The molecule has 0 heterocycles. The van der Waals surface area contributed by atoms with E-state index in [0.717, 1.165) is 24.3 Å². The van der Waals surface area contributed by atoms with Gasteiger partial charge in [0, 0.05) is 11.8 Å². The van der Waals surface area contributed by atoms with E-state index in [2.05, 4.69) is 5.32 Å². The van der Waals surface area contributed by atoms with E-state index in [4.69, 9.17) is 5.11 Å². The molecule has 0 fully saturated rings. The Morgan fingerprint density at radius 3 is 2.37 bits per heavy atom. The van der Waals surface area contributed by atoms with Crippen molar-refractivity contribution in [3.05, 3.63) is 59.4 Å². The van der Waals surface area contributed by atoms with Gasteiger partial charge in [0.2, 0.25) is 0 Å². The molecular weight excluding hydrogens is 259 g/mol. The lowest BCUT2D eigenvalue weighted by atomic mass is 10.1. The smallest absolute Gasteiger partial charge is 0.337 e. The molecule has 3 nitrogen and oxygen atoms in total. The molecule has 19 heavy (non-hydrogen) atoms. The van der Waals surface area contributed by atoms with E-state index < -0.39 is 23.4 Å². The van der Waals surface area contributed by atoms with Crippen molar-refractivity contribution in [2.75, 3.05) is 5.32 Å². The molecule has 0 bridgehead atoms. The van der Waals surface area contributed by atoms with Gasteiger partial charge in [-0.1, -0.05) is 0 Å². The number of anilines is 2. The molecule has 0 amide bonds. The van der Waals surface area contributed by atoms with Gasteiger partial charge in [0.1, 0.15) is 5.82 Å². The third kappa shape index (κ3) is 2.85. The van der Waals surface area contributed by atoms with Crippen LogP contribution in [-0.2, 0) is 0 Å². The Morgan fingerprint density at radius 1 is 1.00 bits per heavy atom. The van der Waals surface area contributed by atoms with Gasteiger partial charge in [-0.25, -0.2) is 18.0 Å². The van der Waals surface area contributed by atoms with Gasteiger partial charge in [-0.15, -0.1) is 0 Å². The molecule has 0 aromatic heterocycles. The molecule has 2 aromatic carbocycles. The summed E-state index contributed by atoms with van der Waals surface area (Å²) in [6, 6.07) is 6.14. The number of carbonyl (C=O) groups is 1. The summed E-state index contributed by atoms with van der Waals surface area (Å²) in [6.07, 6.45) is 0. The van der Waals surface area contributed by atoms with E-state index >= 15 is 0 Å². The number of aromatic carboxylic acids is 1. The fourth-order valence-electron chi connectivity index (χ4n) is 1.53. The average Bonchev–Trinajstić information content (AvgIpc) is 2.36. The van der Waals surface area contributed by atoms with Crippen LogP contribution in [0.4, 0.5) is 24.5 Å². The summed E-state index contributed by atoms with van der Waals surface area (Å²) in [7, 11) is 0. The first-order chi connectivity index (χ1) is 8.97. The molecule has 0 aliphatic rings. The number of hydrogen-bond acceptors (Lipinski definition) is 2. The Bertz CT molecular complexity index is 644. The molecule has 0 saturated carbocycles. The van der Waals surface area contributed by atoms with Crippen molar-refractivity contribution < 1.29 is 23.1 Å². The fraction of sp³-hybridized carbons (Fsp3) is 0. The maximum atomic E-state index is 13.0. The van der Waals surface area contributed by atoms with E-state index in [9.17, 15) is 18.0 Å². The molecule has 0 atom stereocenters. The van der Waals surface area contributed by atoms with Crippen LogP contribution in [0, 0.1) is 17.5 Å². The van der Waals surface area contributed by atoms with Crippen LogP contribution in [0.5, 0.6) is 0 Å². The van der Waals surface area contributed by atoms with Gasteiger partial charge >= 0.3 is 5.97 Å². The molecule has 0 aliphatic carbocycles. The van der Waals surface area contributed by atoms with Gasteiger partial charge in [0.05, 0.1) is 11.3 Å². The van der Waals surface area contributed by atoms with Crippen LogP contribution in [0.3, 0.4) is 0 Å². The first-order valence-electron chi connectivity index (χ1n) is 5.22. The van der Waals surface area contributed by atoms with Crippen molar-refractivity contribution in [2.45, 2.75) is 0 Å². The highest BCUT2D eigenvalue weighted by Crippen LogP contribution is 2.23. The van der Waals surface area contributed by atoms with E-state index in [1.165, 1.54) is 12.1 Å². The molecule has 2 aromatic rings. The third-order valence-electron chi connectivity index (χ3n) is 2.41. The van der Waals surface area contributed by atoms with Crippen LogP contribution in [-0.4, -0.2) is 11.1 Å². The molecule has 2 N–H and O–H groups in total. The molecule has 0 unspecified atom stereocenters. The van der Waals surface area contributed by atoms with Gasteiger partial charge in [0.25, 0.3) is 0 Å². The van der Waals surface area contributed by atoms with Crippen molar-refractivity contribution in [3.8, 4) is 0 Å². The normalized spacial score (nSPS) is 10.3. The van der Waals surface area contributed by atoms with Crippen molar-refractivity contribution in [2.24, 2.45) is 0 Å². The molecule has 0 saturated heterocycles. The predicted molar refractivity (Wildman–Crippen MR) is 63.0 cm³/mol. The van der Waals surface area contributed by atoms with Crippen LogP contribution in [0.25, 0.3) is 0 Å². The van der Waals surface area contributed by atoms with E-state index in [-0.39, 0.29) is 16.9 Å². The standard InChI is InChI=1S/C13H8F3NO2/c14-7-1-4-12(9(5-7)13(18)19)17-8-2-3-10(15)11(16)6-8/h1-6,17H,(H,18,19). The van der Waals surface area contributed by atoms with Crippen molar-refractivity contribution in [1.82, 2.24) is 0 Å². The first kappa shape index (κ1) is 12.9. The van der Waals surface area contributed by atoms with Crippen molar-refractivity contribution in [1.29, 1.82) is 0 Å². The quantitative estimate of drug-likeness (QED) is 0.894. The average molecular weight is 267 g/mol. The molecular formula is C13H8F3NO2. The predicted octanol–water partition coefficient (Wildman–Crippen LogP) is 3.55. The summed E-state index contributed by atoms with van der Waals surface area (Å²) in [5.74, 6) is -4.11. The van der Waals surface area contributed by atoms with Gasteiger partial charge in [0.15, 0.2) is 11.6 Å². The molecule has 2 rings (SSSR count). The van der Waals surface area contributed by atoms with Crippen LogP contribution < -0.4 is 5.32 Å². The van der Waals surface area contributed by atoms with E-state index in [0.29, 0.717) is 0 Å². The number of nitrogens with one attached hydrogen (secondary N) is 1. The topological polar surface area (TPSA) is 49.3 Å². The number of halogens is 3. The monoisotopic (exact) mass is 267 g/mol. The highest BCUT2D eigenvalue weighted by molar-refractivity contribution is 5.95. The summed E-state index contributed by atoms with van der Waals surface area (Å²) in [5.41, 5.74) is -0.0577. The van der Waals surface area contributed by atoms with Gasteiger partial charge in [-0.3, -0.25) is 0 Å². The first-order valence-corrected chi connectivity index (χ1v) is 5.22. The molecule has 98 valence electrons. The molecule has 6 heteroatoms. The zero-order valence-corrected chi connectivity index (χ0v) is 9.45. The summed E-state index contributed by atoms with van der Waals surface area (Å²) >= 11 is 0. The number of rotatable bonds is 3. The van der Waals surface area contributed by atoms with Crippen LogP contribution in [0.1, 0.15) is 10.4 Å². The second-order valence-corrected chi connectivity index (χ2v) is 3.75. The second kappa shape index (κ2) is 5.01. The largest absolute Gasteiger partial charge is 0.478 e. The Labute approximate surface area is 106 Å². The van der Waals surface area contributed by atoms with Crippen LogP contribution in [0.15, 0.2) is 36.4 Å². The van der Waals surface area contributed by atoms with Gasteiger partial charge in [-0.2, -0.15) is 0 Å². The van der Waals surface area contributed by atoms with Crippen LogP contribution in [0.2, 0.25) is 0 Å². The number of carboxylic acids is 1. The highest BCUT2D eigenvalue weighted by atomic mass is 19.2. The molecule has 0 spiro atoms. The zero-order chi connectivity index (χ0) is 14.0. The lowest BCUT2D eigenvalue weighted by Gasteiger charge is -2.10. The minimum absolute atomic E-state index is 0.0832. The number of hydrogen-bond donors (Lipinski definition) is 2. The Hall–Kier alpha value is -2.50. The molecule has 0 radical (unpaired) electrons. The van der Waals surface area contributed by atoms with E-state index in [1.807, 2.05) is 0 Å². The third-order valence-corrected chi connectivity index (χ3v) is 2.41. The Balaban J connectivity index is 2.37. The minimum Gasteiger partial charge on any atom is -0.478 e. The summed E-state index contributed by atoms with van der Waals surface area (Å²) in [5, 5.41) is 11.5. The molecule has 0 aliphatic heterocycles. The summed E-state index contributed by atoms with van der Waals surface area (Å²) in [6.45, 7) is 0. The lowest BCUT2D eigenvalue weighted by molar-refractivity contribution is 0.0697. The van der Waals surface area contributed by atoms with Gasteiger partial charge < -0.3 is 10.4 Å². The maximum absolute atomic E-state index is 13.0. The van der Waals surface area contributed by atoms with E-state index in [1.54, 1.807) is 0 Å². The second-order valence-electron chi connectivity index (χ2n) is 3.75. The lowest BCUT2D eigenvalue weighted by Crippen LogP contribution is -2.03. The maximum Gasteiger partial charge on any atom is 0.337 e. The Kier molecular flexibility index (Phi) is 3.41. The van der Waals surface area contributed by atoms with Crippen LogP contribution >= 0.6 is 0 Å². The highest BCUT2D eigenvalue weighted by Gasteiger charge is 2.12.